The van der Waals surface area contributed by atoms with E-state index in [2.05, 4.69) is 15.5 Å². The Morgan fingerprint density at radius 3 is 2.70 bits per heavy atom. The van der Waals surface area contributed by atoms with Crippen LogP contribution in [0.4, 0.5) is 9.52 Å². The molecule has 0 amide bonds. The van der Waals surface area contributed by atoms with Crippen LogP contribution in [0.3, 0.4) is 0 Å². The Hall–Kier alpha value is -2.24. The maximum absolute atomic E-state index is 13.6. The number of rotatable bonds is 4. The van der Waals surface area contributed by atoms with Crippen molar-refractivity contribution in [3.8, 4) is 11.3 Å². The molecule has 0 unspecified atom stereocenters. The smallest absolute Gasteiger partial charge is 0.204 e. The summed E-state index contributed by atoms with van der Waals surface area (Å²) in [5.74, 6) is -0.414. The van der Waals surface area contributed by atoms with Crippen molar-refractivity contribution >= 4 is 34.3 Å². The molecule has 116 valence electrons. The van der Waals surface area contributed by atoms with Crippen molar-refractivity contribution in [2.75, 3.05) is 5.43 Å². The van der Waals surface area contributed by atoms with Crippen molar-refractivity contribution in [2.45, 2.75) is 6.92 Å². The van der Waals surface area contributed by atoms with Gasteiger partial charge in [0.2, 0.25) is 5.13 Å². The fourth-order valence-corrected chi connectivity index (χ4v) is 3.09. The largest absolute Gasteiger partial charge is 0.253 e. The summed E-state index contributed by atoms with van der Waals surface area (Å²) in [6.45, 7) is 2.00. The average Bonchev–Trinajstić information content (AvgIpc) is 2.92. The summed E-state index contributed by atoms with van der Waals surface area (Å²) in [5.41, 5.74) is 5.04. The summed E-state index contributed by atoms with van der Waals surface area (Å²) in [4.78, 5) is 5.60. The Morgan fingerprint density at radius 1 is 1.17 bits per heavy atom. The predicted octanol–water partition coefficient (Wildman–Crippen LogP) is 5.36. The maximum Gasteiger partial charge on any atom is 0.204 e. The third kappa shape index (κ3) is 3.57. The van der Waals surface area contributed by atoms with Gasteiger partial charge in [-0.25, -0.2) is 9.37 Å². The van der Waals surface area contributed by atoms with E-state index in [1.807, 2.05) is 37.3 Å². The van der Waals surface area contributed by atoms with Crippen molar-refractivity contribution in [1.29, 1.82) is 0 Å². The highest BCUT2D eigenvalue weighted by molar-refractivity contribution is 7.15. The first-order valence-electron chi connectivity index (χ1n) is 6.91. The topological polar surface area (TPSA) is 37.3 Å². The van der Waals surface area contributed by atoms with Crippen LogP contribution in [-0.2, 0) is 0 Å². The van der Waals surface area contributed by atoms with E-state index in [4.69, 9.17) is 11.6 Å². The number of aryl methyl sites for hydroxylation is 1. The Kier molecular flexibility index (Phi) is 4.69. The summed E-state index contributed by atoms with van der Waals surface area (Å²) in [7, 11) is 0. The van der Waals surface area contributed by atoms with Gasteiger partial charge >= 0.3 is 0 Å². The zero-order chi connectivity index (χ0) is 16.2. The molecule has 3 nitrogen and oxygen atoms in total. The minimum atomic E-state index is -0.414. The van der Waals surface area contributed by atoms with Gasteiger partial charge in [-0.2, -0.15) is 5.10 Å². The van der Waals surface area contributed by atoms with Gasteiger partial charge in [-0.05, 0) is 19.1 Å². The number of hydrogen-bond donors (Lipinski definition) is 1. The molecule has 6 heteroatoms. The first kappa shape index (κ1) is 15.6. The molecule has 2 aromatic carbocycles. The molecule has 23 heavy (non-hydrogen) atoms. The van der Waals surface area contributed by atoms with Gasteiger partial charge in [0.1, 0.15) is 5.82 Å². The van der Waals surface area contributed by atoms with Crippen LogP contribution in [0.5, 0.6) is 0 Å². The molecular weight excluding hydrogens is 333 g/mol. The molecule has 1 N–H and O–H groups in total. The lowest BCUT2D eigenvalue weighted by molar-refractivity contribution is 0.626. The molecule has 1 aromatic heterocycles. The van der Waals surface area contributed by atoms with Gasteiger partial charge < -0.3 is 0 Å². The second kappa shape index (κ2) is 6.89. The SMILES string of the molecule is Cc1sc(N/N=C\c2c(F)cccc2Cl)nc1-c1ccccc1. The predicted molar refractivity (Wildman–Crippen MR) is 94.9 cm³/mol. The van der Waals surface area contributed by atoms with E-state index in [-0.39, 0.29) is 5.56 Å². The molecule has 0 saturated carbocycles. The van der Waals surface area contributed by atoms with E-state index < -0.39 is 5.82 Å². The van der Waals surface area contributed by atoms with Crippen LogP contribution < -0.4 is 5.43 Å². The highest BCUT2D eigenvalue weighted by Gasteiger charge is 2.09. The average molecular weight is 346 g/mol. The van der Waals surface area contributed by atoms with Gasteiger partial charge in [-0.1, -0.05) is 48.0 Å². The highest BCUT2D eigenvalue weighted by Crippen LogP contribution is 2.30. The molecule has 0 bridgehead atoms. The molecular formula is C17H13ClFN3S. The normalized spacial score (nSPS) is 11.1. The first-order valence-corrected chi connectivity index (χ1v) is 8.10. The Bertz CT molecular complexity index is 826. The van der Waals surface area contributed by atoms with Gasteiger partial charge in [0, 0.05) is 16.0 Å². The molecule has 3 aromatic rings. The third-order valence-electron chi connectivity index (χ3n) is 3.20. The zero-order valence-electron chi connectivity index (χ0n) is 12.3. The summed E-state index contributed by atoms with van der Waals surface area (Å²) in [5, 5.41) is 4.99. The van der Waals surface area contributed by atoms with Crippen molar-refractivity contribution in [3.63, 3.8) is 0 Å². The third-order valence-corrected chi connectivity index (χ3v) is 4.40. The molecule has 0 spiro atoms. The van der Waals surface area contributed by atoms with E-state index in [1.165, 1.54) is 23.6 Å². The lowest BCUT2D eigenvalue weighted by atomic mass is 10.1. The van der Waals surface area contributed by atoms with Crippen molar-refractivity contribution < 1.29 is 4.39 Å². The Morgan fingerprint density at radius 2 is 1.96 bits per heavy atom. The van der Waals surface area contributed by atoms with Crippen LogP contribution in [0.15, 0.2) is 53.6 Å². The number of halogens is 2. The Balaban J connectivity index is 1.78. The number of anilines is 1. The summed E-state index contributed by atoms with van der Waals surface area (Å²) >= 11 is 7.44. The maximum atomic E-state index is 13.6. The van der Waals surface area contributed by atoms with Gasteiger partial charge in [-0.3, -0.25) is 5.43 Å². The number of nitrogens with one attached hydrogen (secondary N) is 1. The van der Waals surface area contributed by atoms with Crippen LogP contribution >= 0.6 is 22.9 Å². The lowest BCUT2D eigenvalue weighted by Crippen LogP contribution is -1.94. The van der Waals surface area contributed by atoms with Crippen molar-refractivity contribution in [2.24, 2.45) is 5.10 Å². The second-order valence-corrected chi connectivity index (χ2v) is 6.41. The fourth-order valence-electron chi connectivity index (χ4n) is 2.09. The van der Waals surface area contributed by atoms with Crippen molar-refractivity contribution in [1.82, 2.24) is 4.98 Å². The molecule has 0 radical (unpaired) electrons. The standard InChI is InChI=1S/C17H13ClFN3S/c1-11-16(12-6-3-2-4-7-12)21-17(23-11)22-20-10-13-14(18)8-5-9-15(13)19/h2-10H,1H3,(H,21,22)/b20-10-. The van der Waals surface area contributed by atoms with Gasteiger partial charge in [0.25, 0.3) is 0 Å². The quantitative estimate of drug-likeness (QED) is 0.510. The van der Waals surface area contributed by atoms with E-state index in [9.17, 15) is 4.39 Å². The molecule has 3 rings (SSSR count). The number of hydrogen-bond acceptors (Lipinski definition) is 4. The molecule has 0 atom stereocenters. The summed E-state index contributed by atoms with van der Waals surface area (Å²) in [6, 6.07) is 14.4. The van der Waals surface area contributed by atoms with Crippen LogP contribution in [-0.4, -0.2) is 11.2 Å². The molecule has 0 aliphatic rings. The summed E-state index contributed by atoms with van der Waals surface area (Å²) < 4.78 is 13.6. The lowest BCUT2D eigenvalue weighted by Gasteiger charge is -1.99. The van der Waals surface area contributed by atoms with E-state index in [1.54, 1.807) is 12.1 Å². The van der Waals surface area contributed by atoms with Crippen LogP contribution in [0.1, 0.15) is 10.4 Å². The fraction of sp³-hybridized carbons (Fsp3) is 0.0588. The number of nitrogens with zero attached hydrogens (tertiary/aromatic N) is 2. The molecule has 0 fully saturated rings. The Labute approximate surface area is 142 Å². The number of hydrazone groups is 1. The monoisotopic (exact) mass is 345 g/mol. The number of aromatic nitrogens is 1. The minimum absolute atomic E-state index is 0.248. The zero-order valence-corrected chi connectivity index (χ0v) is 13.8. The second-order valence-electron chi connectivity index (χ2n) is 4.80. The number of benzene rings is 2. The molecule has 1 heterocycles. The van der Waals surface area contributed by atoms with E-state index in [0.29, 0.717) is 10.2 Å². The first-order chi connectivity index (χ1) is 11.1. The summed E-state index contributed by atoms with van der Waals surface area (Å²) in [6.07, 6.45) is 1.36. The van der Waals surface area contributed by atoms with Crippen molar-refractivity contribution in [3.05, 3.63) is 69.8 Å². The van der Waals surface area contributed by atoms with Crippen LogP contribution in [0.25, 0.3) is 11.3 Å². The van der Waals surface area contributed by atoms with Gasteiger partial charge in [0.05, 0.1) is 16.9 Å². The van der Waals surface area contributed by atoms with E-state index >= 15 is 0 Å². The number of thiazole rings is 1. The highest BCUT2D eigenvalue weighted by atomic mass is 35.5. The van der Waals surface area contributed by atoms with Crippen LogP contribution in [0, 0.1) is 12.7 Å². The van der Waals surface area contributed by atoms with Gasteiger partial charge in [-0.15, -0.1) is 11.3 Å². The molecule has 0 aliphatic carbocycles. The molecule has 0 aliphatic heterocycles. The van der Waals surface area contributed by atoms with Gasteiger partial charge in [0.15, 0.2) is 0 Å². The van der Waals surface area contributed by atoms with Crippen LogP contribution in [0.2, 0.25) is 5.02 Å². The van der Waals surface area contributed by atoms with E-state index in [0.717, 1.165) is 16.1 Å². The minimum Gasteiger partial charge on any atom is -0.253 e. The molecule has 0 saturated heterocycles.